The molecule has 0 rings (SSSR count). The number of allylic oxidation sites excluding steroid dienone is 10. The fraction of sp³-hybridized carbons (Fsp3) is 0.424. The van der Waals surface area contributed by atoms with Crippen LogP contribution in [0.5, 0.6) is 0 Å². The first-order valence-electron chi connectivity index (χ1n) is 12.9. The van der Waals surface area contributed by atoms with Crippen molar-refractivity contribution in [3.63, 3.8) is 0 Å². The van der Waals surface area contributed by atoms with E-state index >= 15 is 0 Å². The normalized spacial score (nSPS) is 10.5. The summed E-state index contributed by atoms with van der Waals surface area (Å²) in [5, 5.41) is 0. The van der Waals surface area contributed by atoms with E-state index in [0.717, 1.165) is 18.6 Å². The number of nitrogens with zero attached hydrogens (tertiary/aromatic N) is 1. The van der Waals surface area contributed by atoms with Gasteiger partial charge in [-0.25, -0.2) is 0 Å². The molecule has 0 aromatic heterocycles. The fourth-order valence-corrected chi connectivity index (χ4v) is 1.52. The molecule has 0 aliphatic rings. The van der Waals surface area contributed by atoms with Gasteiger partial charge in [-0.2, -0.15) is 0 Å². The van der Waals surface area contributed by atoms with Crippen molar-refractivity contribution in [3.8, 4) is 0 Å². The maximum absolute atomic E-state index is 5.54. The van der Waals surface area contributed by atoms with E-state index in [2.05, 4.69) is 63.4 Å². The van der Waals surface area contributed by atoms with Crippen LogP contribution in [0.3, 0.4) is 0 Å². The average Bonchev–Trinajstić information content (AvgIpc) is 2.90. The second kappa shape index (κ2) is 49.1. The molecule has 0 aliphatic carbocycles. The van der Waals surface area contributed by atoms with E-state index in [-0.39, 0.29) is 0 Å². The number of hydrogen-bond donors (Lipinski definition) is 0. The van der Waals surface area contributed by atoms with E-state index in [1.54, 1.807) is 24.6 Å². The minimum Gasteiger partial charge on any atom is -0.497 e. The largest absolute Gasteiger partial charge is 0.497 e. The summed E-state index contributed by atoms with van der Waals surface area (Å²) in [4.78, 5) is 4.09. The Balaban J connectivity index is -0.000000163. The van der Waals surface area contributed by atoms with Gasteiger partial charge in [-0.3, -0.25) is 4.99 Å². The van der Waals surface area contributed by atoms with Crippen LogP contribution in [0, 0.1) is 5.92 Å². The van der Waals surface area contributed by atoms with E-state index in [1.165, 1.54) is 0 Å². The van der Waals surface area contributed by atoms with Gasteiger partial charge in [0, 0.05) is 6.21 Å². The predicted molar refractivity (Wildman–Crippen MR) is 169 cm³/mol. The van der Waals surface area contributed by atoms with Gasteiger partial charge >= 0.3 is 0 Å². The van der Waals surface area contributed by atoms with E-state index in [0.29, 0.717) is 25.7 Å². The smallest absolute Gasteiger partial charge is 0.123 e. The molecule has 3 heteroatoms. The molecule has 0 spiro atoms. The standard InChI is InChI=1S/C17H25NO2.C6H10.C5H10.C3H6.C2H6/c1-4-7-8-14-19-15-9-11-17(10-5-2)20-16-13-18-12-6-3;1-4-6(3)5-2;1-3-5-4-2;1-3-2;1-2/h5-11,13,15H,3-4,12,14,16H2,1-2H3;4-6H,1-2H2,3H3;3,5H,4H2,1-2H3;3H,1H2,2H3;1-2H3/b8-7+,10-5-,15-9+,17-11+,18-13?;;5-3-;;. The van der Waals surface area contributed by atoms with Crippen LogP contribution in [0.25, 0.3) is 0 Å². The molecular weight excluding hydrogens is 442 g/mol. The molecule has 0 unspecified atom stereocenters. The lowest BCUT2D eigenvalue weighted by Crippen LogP contribution is -1.94. The van der Waals surface area contributed by atoms with Crippen molar-refractivity contribution in [1.29, 1.82) is 0 Å². The van der Waals surface area contributed by atoms with Crippen molar-refractivity contribution in [2.45, 2.75) is 68.2 Å². The third kappa shape index (κ3) is 57.6. The van der Waals surface area contributed by atoms with Gasteiger partial charge < -0.3 is 9.47 Å². The summed E-state index contributed by atoms with van der Waals surface area (Å²) in [6.07, 6.45) is 28.5. The van der Waals surface area contributed by atoms with Crippen LogP contribution in [-0.2, 0) is 9.47 Å². The Bertz CT molecular complexity index is 612. The Hall–Kier alpha value is -3.07. The second-order valence-corrected chi connectivity index (χ2v) is 6.47. The molecule has 0 saturated carbocycles. The molecule has 0 aliphatic heterocycles. The highest BCUT2D eigenvalue weighted by Gasteiger charge is 1.89. The quantitative estimate of drug-likeness (QED) is 0.0782. The van der Waals surface area contributed by atoms with Crippen LogP contribution < -0.4 is 0 Å². The van der Waals surface area contributed by atoms with Gasteiger partial charge in [0.2, 0.25) is 0 Å². The molecule has 206 valence electrons. The van der Waals surface area contributed by atoms with Crippen LogP contribution in [0.2, 0.25) is 0 Å². The van der Waals surface area contributed by atoms with Crippen LogP contribution in [0.15, 0.2) is 116 Å². The van der Waals surface area contributed by atoms with Crippen molar-refractivity contribution in [2.75, 3.05) is 19.8 Å². The highest BCUT2D eigenvalue weighted by molar-refractivity contribution is 5.58. The van der Waals surface area contributed by atoms with Crippen molar-refractivity contribution in [3.05, 3.63) is 111 Å². The number of aliphatic imine (C=N–C) groups is 1. The summed E-state index contributed by atoms with van der Waals surface area (Å²) in [7, 11) is 0. The molecule has 0 radical (unpaired) electrons. The van der Waals surface area contributed by atoms with Crippen LogP contribution in [0.1, 0.15) is 68.2 Å². The fourth-order valence-electron chi connectivity index (χ4n) is 1.52. The zero-order chi connectivity index (χ0) is 28.7. The Morgan fingerprint density at radius 3 is 1.83 bits per heavy atom. The molecular formula is C33H57NO2. The van der Waals surface area contributed by atoms with Crippen molar-refractivity contribution in [2.24, 2.45) is 10.9 Å². The van der Waals surface area contributed by atoms with Gasteiger partial charge in [0.25, 0.3) is 0 Å². The Labute approximate surface area is 225 Å². The maximum Gasteiger partial charge on any atom is 0.123 e. The molecule has 0 heterocycles. The van der Waals surface area contributed by atoms with Gasteiger partial charge in [-0.05, 0) is 57.8 Å². The maximum atomic E-state index is 5.54. The second-order valence-electron chi connectivity index (χ2n) is 6.47. The minimum absolute atomic E-state index is 0.442. The summed E-state index contributed by atoms with van der Waals surface area (Å²) in [6, 6.07) is 0. The van der Waals surface area contributed by atoms with E-state index < -0.39 is 0 Å². The summed E-state index contributed by atoms with van der Waals surface area (Å²) >= 11 is 0. The van der Waals surface area contributed by atoms with Gasteiger partial charge in [-0.15, -0.1) is 26.3 Å². The monoisotopic (exact) mass is 499 g/mol. The number of hydrogen-bond acceptors (Lipinski definition) is 3. The van der Waals surface area contributed by atoms with Gasteiger partial charge in [-0.1, -0.05) is 89.3 Å². The highest BCUT2D eigenvalue weighted by Crippen LogP contribution is 2.00. The molecule has 36 heavy (non-hydrogen) atoms. The van der Waals surface area contributed by atoms with E-state index in [1.807, 2.05) is 84.1 Å². The predicted octanol–water partition coefficient (Wildman–Crippen LogP) is 10.4. The Morgan fingerprint density at radius 1 is 0.861 bits per heavy atom. The number of rotatable bonds is 14. The van der Waals surface area contributed by atoms with Crippen LogP contribution >= 0.6 is 0 Å². The zero-order valence-corrected chi connectivity index (χ0v) is 24.8. The summed E-state index contributed by atoms with van der Waals surface area (Å²) in [5.74, 6) is 1.23. The third-order valence-corrected chi connectivity index (χ3v) is 3.26. The highest BCUT2D eigenvalue weighted by atomic mass is 16.5. The first-order chi connectivity index (χ1) is 17.5. The lowest BCUT2D eigenvalue weighted by molar-refractivity contribution is 0.275. The average molecular weight is 500 g/mol. The van der Waals surface area contributed by atoms with Gasteiger partial charge in [0.05, 0.1) is 12.8 Å². The van der Waals surface area contributed by atoms with Crippen molar-refractivity contribution in [1.82, 2.24) is 0 Å². The van der Waals surface area contributed by atoms with Gasteiger partial charge in [0.1, 0.15) is 19.0 Å². The molecule has 0 bridgehead atoms. The lowest BCUT2D eigenvalue weighted by atomic mass is 10.2. The molecule has 3 nitrogen and oxygen atoms in total. The van der Waals surface area contributed by atoms with E-state index in [9.17, 15) is 0 Å². The molecule has 0 amide bonds. The zero-order valence-electron chi connectivity index (χ0n) is 24.8. The van der Waals surface area contributed by atoms with Crippen LogP contribution in [-0.4, -0.2) is 26.0 Å². The topological polar surface area (TPSA) is 30.8 Å². The number of ether oxygens (including phenoxy) is 2. The van der Waals surface area contributed by atoms with E-state index in [4.69, 9.17) is 9.47 Å². The molecule has 0 aromatic rings. The molecule has 0 fully saturated rings. The summed E-state index contributed by atoms with van der Waals surface area (Å²) in [5.41, 5.74) is 0. The molecule has 0 N–H and O–H groups in total. The first kappa shape index (κ1) is 43.0. The van der Waals surface area contributed by atoms with Crippen molar-refractivity contribution < 1.29 is 9.47 Å². The van der Waals surface area contributed by atoms with Crippen molar-refractivity contribution >= 4 is 6.21 Å². The summed E-state index contributed by atoms with van der Waals surface area (Å²) in [6.45, 7) is 31.8. The van der Waals surface area contributed by atoms with Gasteiger partial charge in [0.15, 0.2) is 0 Å². The first-order valence-corrected chi connectivity index (χ1v) is 12.9. The Morgan fingerprint density at radius 2 is 1.44 bits per heavy atom. The lowest BCUT2D eigenvalue weighted by Gasteiger charge is -2.02. The molecule has 0 saturated heterocycles. The minimum atomic E-state index is 0.442. The Kier molecular flexibility index (Phi) is 58.8. The molecule has 0 aromatic carbocycles. The third-order valence-electron chi connectivity index (χ3n) is 3.26. The summed E-state index contributed by atoms with van der Waals surface area (Å²) < 4.78 is 10.8. The van der Waals surface area contributed by atoms with Crippen LogP contribution in [0.4, 0.5) is 0 Å². The molecule has 0 atom stereocenters. The SMILES string of the molecule is C/C=C\CC.C=CC.C=CC(C)C=C.C=CCN=CCOC(/C=C\C)=C/C=C/OC/C=C/CC.CC.